The molecule has 2 rings (SSSR count). The van der Waals surface area contributed by atoms with Gasteiger partial charge in [-0.15, -0.1) is 0 Å². The summed E-state index contributed by atoms with van der Waals surface area (Å²) in [5, 5.41) is 9.11. The average Bonchev–Trinajstić information content (AvgIpc) is 2.58. The molecule has 0 radical (unpaired) electrons. The molecule has 0 saturated carbocycles. The zero-order valence-electron chi connectivity index (χ0n) is 9.16. The van der Waals surface area contributed by atoms with Crippen LogP contribution in [0.1, 0.15) is 17.0 Å². The average molecular weight is 275 g/mol. The Bertz CT molecular complexity index is 557. The van der Waals surface area contributed by atoms with E-state index in [0.29, 0.717) is 5.56 Å². The van der Waals surface area contributed by atoms with Crippen LogP contribution in [0.2, 0.25) is 0 Å². The van der Waals surface area contributed by atoms with Crippen molar-refractivity contribution in [2.75, 3.05) is 0 Å². The number of hydrogen-bond acceptors (Lipinski definition) is 1. The standard InChI is InChI=1S/C13H11BrN2/c1-9-3-4-10(2)16(9)13-7-12(14)6-5-11(13)8-15/h3-7H,1-2H3. The molecule has 1 aromatic heterocycles. The van der Waals surface area contributed by atoms with Crippen molar-refractivity contribution in [3.8, 4) is 11.8 Å². The Morgan fingerprint density at radius 3 is 2.31 bits per heavy atom. The van der Waals surface area contributed by atoms with Crippen LogP contribution in [0.15, 0.2) is 34.8 Å². The number of nitriles is 1. The number of nitrogens with zero attached hydrogens (tertiary/aromatic N) is 2. The van der Waals surface area contributed by atoms with Crippen LogP contribution in [0, 0.1) is 25.2 Å². The molecule has 0 atom stereocenters. The van der Waals surface area contributed by atoms with Gasteiger partial charge >= 0.3 is 0 Å². The molecule has 80 valence electrons. The highest BCUT2D eigenvalue weighted by Crippen LogP contribution is 2.23. The lowest BCUT2D eigenvalue weighted by Crippen LogP contribution is -2.01. The molecular weight excluding hydrogens is 264 g/mol. The number of hydrogen-bond donors (Lipinski definition) is 0. The quantitative estimate of drug-likeness (QED) is 0.779. The van der Waals surface area contributed by atoms with Crippen LogP contribution in [0.3, 0.4) is 0 Å². The molecule has 0 saturated heterocycles. The largest absolute Gasteiger partial charge is 0.317 e. The van der Waals surface area contributed by atoms with Crippen LogP contribution in [0.4, 0.5) is 0 Å². The summed E-state index contributed by atoms with van der Waals surface area (Å²) >= 11 is 3.44. The smallest absolute Gasteiger partial charge is 0.101 e. The predicted octanol–water partition coefficient (Wildman–Crippen LogP) is 3.73. The van der Waals surface area contributed by atoms with Crippen molar-refractivity contribution in [3.63, 3.8) is 0 Å². The number of aryl methyl sites for hydroxylation is 2. The Hall–Kier alpha value is -1.53. The van der Waals surface area contributed by atoms with E-state index in [1.165, 1.54) is 0 Å². The highest BCUT2D eigenvalue weighted by atomic mass is 79.9. The van der Waals surface area contributed by atoms with Gasteiger partial charge in [-0.3, -0.25) is 0 Å². The second-order valence-electron chi connectivity index (χ2n) is 3.72. The molecule has 1 heterocycles. The minimum absolute atomic E-state index is 0.686. The molecule has 0 amide bonds. The number of halogens is 1. The van der Waals surface area contributed by atoms with Gasteiger partial charge in [-0.25, -0.2) is 0 Å². The van der Waals surface area contributed by atoms with E-state index in [1.54, 1.807) is 0 Å². The van der Waals surface area contributed by atoms with Crippen molar-refractivity contribution >= 4 is 15.9 Å². The fraction of sp³-hybridized carbons (Fsp3) is 0.154. The Labute approximate surface area is 103 Å². The lowest BCUT2D eigenvalue weighted by Gasteiger charge is -2.11. The van der Waals surface area contributed by atoms with Crippen molar-refractivity contribution < 1.29 is 0 Å². The van der Waals surface area contributed by atoms with Crippen molar-refractivity contribution in [3.05, 3.63) is 51.8 Å². The van der Waals surface area contributed by atoms with E-state index in [2.05, 4.69) is 38.7 Å². The lowest BCUT2D eigenvalue weighted by atomic mass is 10.2. The molecule has 0 unspecified atom stereocenters. The maximum atomic E-state index is 9.11. The molecule has 0 N–H and O–H groups in total. The summed E-state index contributed by atoms with van der Waals surface area (Å²) in [6.45, 7) is 4.07. The summed E-state index contributed by atoms with van der Waals surface area (Å²) in [5.74, 6) is 0. The van der Waals surface area contributed by atoms with Gasteiger partial charge in [-0.1, -0.05) is 15.9 Å². The molecule has 0 aliphatic rings. The van der Waals surface area contributed by atoms with E-state index in [-0.39, 0.29) is 0 Å². The van der Waals surface area contributed by atoms with E-state index in [4.69, 9.17) is 5.26 Å². The van der Waals surface area contributed by atoms with Gasteiger partial charge in [0.15, 0.2) is 0 Å². The highest BCUT2D eigenvalue weighted by molar-refractivity contribution is 9.10. The number of rotatable bonds is 1. The van der Waals surface area contributed by atoms with Crippen LogP contribution >= 0.6 is 15.9 Å². The Morgan fingerprint density at radius 1 is 1.12 bits per heavy atom. The van der Waals surface area contributed by atoms with Gasteiger partial charge in [0.1, 0.15) is 6.07 Å². The summed E-state index contributed by atoms with van der Waals surface area (Å²) in [7, 11) is 0. The van der Waals surface area contributed by atoms with Gasteiger partial charge in [0.2, 0.25) is 0 Å². The normalized spacial score (nSPS) is 10.1. The molecule has 2 aromatic rings. The Morgan fingerprint density at radius 2 is 1.75 bits per heavy atom. The molecular formula is C13H11BrN2. The first kappa shape index (κ1) is 11.0. The topological polar surface area (TPSA) is 28.7 Å². The molecule has 3 heteroatoms. The first-order chi connectivity index (χ1) is 7.63. The van der Waals surface area contributed by atoms with E-state index >= 15 is 0 Å². The molecule has 0 bridgehead atoms. The monoisotopic (exact) mass is 274 g/mol. The van der Waals surface area contributed by atoms with Crippen LogP contribution < -0.4 is 0 Å². The van der Waals surface area contributed by atoms with Crippen LogP contribution in [0.25, 0.3) is 5.69 Å². The van der Waals surface area contributed by atoms with E-state index in [9.17, 15) is 0 Å². The molecule has 0 fully saturated rings. The van der Waals surface area contributed by atoms with Gasteiger partial charge in [0, 0.05) is 15.9 Å². The minimum atomic E-state index is 0.686. The molecule has 16 heavy (non-hydrogen) atoms. The van der Waals surface area contributed by atoms with Crippen LogP contribution in [-0.2, 0) is 0 Å². The number of aromatic nitrogens is 1. The van der Waals surface area contributed by atoms with Gasteiger partial charge in [-0.2, -0.15) is 5.26 Å². The second-order valence-corrected chi connectivity index (χ2v) is 4.64. The van der Waals surface area contributed by atoms with Crippen molar-refractivity contribution in [2.45, 2.75) is 13.8 Å². The van der Waals surface area contributed by atoms with Crippen molar-refractivity contribution in [1.82, 2.24) is 4.57 Å². The van der Waals surface area contributed by atoms with Crippen LogP contribution in [-0.4, -0.2) is 4.57 Å². The third-order valence-corrected chi connectivity index (χ3v) is 3.09. The van der Waals surface area contributed by atoms with E-state index < -0.39 is 0 Å². The zero-order chi connectivity index (χ0) is 11.7. The fourth-order valence-corrected chi connectivity index (χ4v) is 2.18. The van der Waals surface area contributed by atoms with E-state index in [0.717, 1.165) is 21.5 Å². The summed E-state index contributed by atoms with van der Waals surface area (Å²) in [6.07, 6.45) is 0. The third kappa shape index (κ3) is 1.77. The molecule has 1 aromatic carbocycles. The maximum Gasteiger partial charge on any atom is 0.101 e. The van der Waals surface area contributed by atoms with Gasteiger partial charge < -0.3 is 4.57 Å². The van der Waals surface area contributed by atoms with Crippen molar-refractivity contribution in [1.29, 1.82) is 5.26 Å². The second kappa shape index (κ2) is 4.15. The summed E-state index contributed by atoms with van der Waals surface area (Å²) in [6, 6.07) is 12.0. The van der Waals surface area contributed by atoms with Crippen molar-refractivity contribution in [2.24, 2.45) is 0 Å². The SMILES string of the molecule is Cc1ccc(C)n1-c1cc(Br)ccc1C#N. The van der Waals surface area contributed by atoms with Gasteiger partial charge in [0.25, 0.3) is 0 Å². The third-order valence-electron chi connectivity index (χ3n) is 2.59. The predicted molar refractivity (Wildman–Crippen MR) is 67.7 cm³/mol. The lowest BCUT2D eigenvalue weighted by molar-refractivity contribution is 0.960. The molecule has 0 spiro atoms. The van der Waals surface area contributed by atoms with Gasteiger partial charge in [-0.05, 0) is 44.2 Å². The Kier molecular flexibility index (Phi) is 2.84. The molecule has 2 nitrogen and oxygen atoms in total. The zero-order valence-corrected chi connectivity index (χ0v) is 10.7. The summed E-state index contributed by atoms with van der Waals surface area (Å²) in [4.78, 5) is 0. The maximum absolute atomic E-state index is 9.11. The summed E-state index contributed by atoms with van der Waals surface area (Å²) in [5.41, 5.74) is 3.88. The Balaban J connectivity index is 2.73. The molecule has 0 aliphatic carbocycles. The highest BCUT2D eigenvalue weighted by Gasteiger charge is 2.09. The fourth-order valence-electron chi connectivity index (χ4n) is 1.83. The first-order valence-corrected chi connectivity index (χ1v) is 5.78. The van der Waals surface area contributed by atoms with Gasteiger partial charge in [0.05, 0.1) is 11.3 Å². The minimum Gasteiger partial charge on any atom is -0.317 e. The summed E-state index contributed by atoms with van der Waals surface area (Å²) < 4.78 is 3.07. The van der Waals surface area contributed by atoms with Crippen LogP contribution in [0.5, 0.6) is 0 Å². The first-order valence-electron chi connectivity index (χ1n) is 4.98. The number of benzene rings is 1. The molecule has 0 aliphatic heterocycles. The van der Waals surface area contributed by atoms with E-state index in [1.807, 2.05) is 32.0 Å².